The number of hydrogen-bond acceptors (Lipinski definition) is 2. The fourth-order valence-corrected chi connectivity index (χ4v) is 3.32. The summed E-state index contributed by atoms with van der Waals surface area (Å²) < 4.78 is 0.0880. The van der Waals surface area contributed by atoms with Gasteiger partial charge in [0.25, 0.3) is 0 Å². The fraction of sp³-hybridized carbons (Fsp3) is 0.875. The average molecular weight is 156 g/mol. The summed E-state index contributed by atoms with van der Waals surface area (Å²) in [5.41, 5.74) is 0. The third-order valence-electron chi connectivity index (χ3n) is 2.95. The van der Waals surface area contributed by atoms with Gasteiger partial charge in [0, 0.05) is 6.42 Å². The topological polar surface area (TPSA) is 17.1 Å². The van der Waals surface area contributed by atoms with E-state index in [1.165, 1.54) is 12.8 Å². The smallest absolute Gasteiger partial charge is 0.149 e. The van der Waals surface area contributed by atoms with Crippen molar-refractivity contribution in [2.75, 3.05) is 6.26 Å². The molecule has 2 fully saturated rings. The van der Waals surface area contributed by atoms with Crippen LogP contribution in [0.2, 0.25) is 0 Å². The van der Waals surface area contributed by atoms with Crippen LogP contribution in [0.15, 0.2) is 0 Å². The molecule has 0 heterocycles. The van der Waals surface area contributed by atoms with Gasteiger partial charge in [0.05, 0.1) is 4.75 Å². The summed E-state index contributed by atoms with van der Waals surface area (Å²) in [5.74, 6) is 1.27. The first kappa shape index (κ1) is 6.71. The van der Waals surface area contributed by atoms with Crippen LogP contribution < -0.4 is 0 Å². The van der Waals surface area contributed by atoms with Gasteiger partial charge in [-0.25, -0.2) is 0 Å². The van der Waals surface area contributed by atoms with Crippen molar-refractivity contribution in [1.29, 1.82) is 0 Å². The molecule has 0 spiro atoms. The highest BCUT2D eigenvalue weighted by molar-refractivity contribution is 8.00. The molecule has 0 N–H and O–H groups in total. The molecule has 2 bridgehead atoms. The molecule has 2 atom stereocenters. The van der Waals surface area contributed by atoms with Gasteiger partial charge in [0.15, 0.2) is 0 Å². The Kier molecular flexibility index (Phi) is 1.34. The van der Waals surface area contributed by atoms with E-state index in [1.807, 2.05) is 0 Å². The molecule has 0 aromatic rings. The van der Waals surface area contributed by atoms with E-state index in [1.54, 1.807) is 11.8 Å². The first-order valence-corrected chi connectivity index (χ1v) is 5.08. The Labute approximate surface area is 65.6 Å². The Morgan fingerprint density at radius 1 is 1.70 bits per heavy atom. The third-order valence-corrected chi connectivity index (χ3v) is 4.33. The van der Waals surface area contributed by atoms with Gasteiger partial charge in [0.2, 0.25) is 0 Å². The van der Waals surface area contributed by atoms with Gasteiger partial charge in [0.1, 0.15) is 5.78 Å². The van der Waals surface area contributed by atoms with Crippen LogP contribution >= 0.6 is 11.8 Å². The second-order valence-electron chi connectivity index (χ2n) is 3.43. The minimum atomic E-state index is 0.0880. The molecule has 0 amide bonds. The van der Waals surface area contributed by atoms with E-state index in [-0.39, 0.29) is 4.75 Å². The summed E-state index contributed by atoms with van der Waals surface area (Å²) in [7, 11) is 0. The van der Waals surface area contributed by atoms with Crippen molar-refractivity contribution in [2.24, 2.45) is 5.92 Å². The molecule has 2 rings (SSSR count). The van der Waals surface area contributed by atoms with Crippen LogP contribution in [0.4, 0.5) is 0 Å². The number of Topliss-reactive ketones (excluding diaryl/α,β-unsaturated/α-hetero) is 1. The molecule has 2 heteroatoms. The van der Waals surface area contributed by atoms with Crippen LogP contribution in [-0.4, -0.2) is 16.8 Å². The van der Waals surface area contributed by atoms with Crippen molar-refractivity contribution in [2.45, 2.75) is 30.4 Å². The molecule has 0 aromatic carbocycles. The lowest BCUT2D eigenvalue weighted by Gasteiger charge is -2.21. The van der Waals surface area contributed by atoms with Gasteiger partial charge in [-0.3, -0.25) is 4.79 Å². The summed E-state index contributed by atoms with van der Waals surface area (Å²) in [6, 6.07) is 0. The highest BCUT2D eigenvalue weighted by atomic mass is 32.2. The van der Waals surface area contributed by atoms with Crippen LogP contribution in [0.1, 0.15) is 25.7 Å². The normalized spacial score (nSPS) is 44.9. The number of rotatable bonds is 1. The number of thioether (sulfide) groups is 1. The zero-order valence-corrected chi connectivity index (χ0v) is 7.04. The SMILES string of the molecule is CSC12CCC(CC1=O)C2. The van der Waals surface area contributed by atoms with Crippen LogP contribution in [0.3, 0.4) is 0 Å². The second kappa shape index (κ2) is 2.00. The Balaban J connectivity index is 2.27. The van der Waals surface area contributed by atoms with E-state index in [0.717, 1.165) is 18.8 Å². The van der Waals surface area contributed by atoms with E-state index in [2.05, 4.69) is 6.26 Å². The van der Waals surface area contributed by atoms with Crippen LogP contribution in [0.25, 0.3) is 0 Å². The Bertz CT molecular complexity index is 178. The van der Waals surface area contributed by atoms with Crippen molar-refractivity contribution in [3.05, 3.63) is 0 Å². The lowest BCUT2D eigenvalue weighted by atomic mass is 9.99. The van der Waals surface area contributed by atoms with Gasteiger partial charge in [-0.2, -0.15) is 11.8 Å². The lowest BCUT2D eigenvalue weighted by Crippen LogP contribution is -2.28. The Morgan fingerprint density at radius 2 is 2.50 bits per heavy atom. The molecule has 0 saturated heterocycles. The number of carbonyl (C=O) groups excluding carboxylic acids is 1. The maximum absolute atomic E-state index is 11.4. The van der Waals surface area contributed by atoms with E-state index in [4.69, 9.17) is 0 Å². The first-order valence-electron chi connectivity index (χ1n) is 3.85. The highest BCUT2D eigenvalue weighted by Crippen LogP contribution is 2.52. The van der Waals surface area contributed by atoms with E-state index in [9.17, 15) is 4.79 Å². The highest BCUT2D eigenvalue weighted by Gasteiger charge is 2.50. The number of carbonyl (C=O) groups is 1. The van der Waals surface area contributed by atoms with Crippen molar-refractivity contribution in [3.63, 3.8) is 0 Å². The van der Waals surface area contributed by atoms with Crippen molar-refractivity contribution in [1.82, 2.24) is 0 Å². The van der Waals surface area contributed by atoms with Gasteiger partial charge in [-0.1, -0.05) is 0 Å². The summed E-state index contributed by atoms with van der Waals surface area (Å²) in [6.45, 7) is 0. The standard InChI is InChI=1S/C8H12OS/c1-10-8-3-2-6(5-8)4-7(8)9/h6H,2-5H2,1H3. The van der Waals surface area contributed by atoms with Gasteiger partial charge >= 0.3 is 0 Å². The largest absolute Gasteiger partial charge is 0.298 e. The minimum absolute atomic E-state index is 0.0880. The number of fused-ring (bicyclic) bond motifs is 2. The average Bonchev–Trinajstić information content (AvgIpc) is 2.44. The summed E-state index contributed by atoms with van der Waals surface area (Å²) in [5, 5.41) is 0. The van der Waals surface area contributed by atoms with Gasteiger partial charge in [-0.15, -0.1) is 0 Å². The van der Waals surface area contributed by atoms with E-state index < -0.39 is 0 Å². The third kappa shape index (κ3) is 0.685. The van der Waals surface area contributed by atoms with Crippen LogP contribution in [-0.2, 0) is 4.79 Å². The lowest BCUT2D eigenvalue weighted by molar-refractivity contribution is -0.120. The molecule has 2 unspecified atom stereocenters. The summed E-state index contributed by atoms with van der Waals surface area (Å²) >= 11 is 1.78. The molecule has 2 aliphatic carbocycles. The molecule has 0 aliphatic heterocycles. The minimum Gasteiger partial charge on any atom is -0.298 e. The molecule has 0 radical (unpaired) electrons. The second-order valence-corrected chi connectivity index (χ2v) is 4.62. The summed E-state index contributed by atoms with van der Waals surface area (Å²) in [6.07, 6.45) is 6.57. The quantitative estimate of drug-likeness (QED) is 0.576. The van der Waals surface area contributed by atoms with Crippen LogP contribution in [0, 0.1) is 5.92 Å². The fourth-order valence-electron chi connectivity index (χ4n) is 2.28. The van der Waals surface area contributed by atoms with Gasteiger partial charge in [-0.05, 0) is 31.4 Å². The molecule has 10 heavy (non-hydrogen) atoms. The zero-order valence-electron chi connectivity index (χ0n) is 6.22. The number of ketones is 1. The number of hydrogen-bond donors (Lipinski definition) is 0. The molecule has 1 nitrogen and oxygen atoms in total. The molecule has 0 aromatic heterocycles. The Morgan fingerprint density at radius 3 is 2.80 bits per heavy atom. The summed E-state index contributed by atoms with van der Waals surface area (Å²) in [4.78, 5) is 11.4. The van der Waals surface area contributed by atoms with Crippen molar-refractivity contribution < 1.29 is 4.79 Å². The zero-order chi connectivity index (χ0) is 7.19. The van der Waals surface area contributed by atoms with Crippen molar-refractivity contribution >= 4 is 17.5 Å². The maximum atomic E-state index is 11.4. The molecule has 2 saturated carbocycles. The molecule has 56 valence electrons. The van der Waals surface area contributed by atoms with E-state index in [0.29, 0.717) is 5.78 Å². The van der Waals surface area contributed by atoms with Gasteiger partial charge < -0.3 is 0 Å². The maximum Gasteiger partial charge on any atom is 0.149 e. The molecule has 2 aliphatic rings. The van der Waals surface area contributed by atoms with Crippen LogP contribution in [0.5, 0.6) is 0 Å². The van der Waals surface area contributed by atoms with Crippen molar-refractivity contribution in [3.8, 4) is 0 Å². The first-order chi connectivity index (χ1) is 4.77. The Hall–Kier alpha value is 0.0200. The molecular formula is C8H12OS. The van der Waals surface area contributed by atoms with E-state index >= 15 is 0 Å². The predicted molar refractivity (Wildman–Crippen MR) is 43.2 cm³/mol. The molecular weight excluding hydrogens is 144 g/mol. The monoisotopic (exact) mass is 156 g/mol. The predicted octanol–water partition coefficient (Wildman–Crippen LogP) is 1.86.